The maximum absolute atomic E-state index is 11.1. The van der Waals surface area contributed by atoms with Crippen LogP contribution >= 0.6 is 12.4 Å². The van der Waals surface area contributed by atoms with Crippen molar-refractivity contribution in [2.45, 2.75) is 12.5 Å². The first-order chi connectivity index (χ1) is 10.6. The number of phenolic OH excluding ortho intramolecular Hbond substituents is 1. The second-order valence-corrected chi connectivity index (χ2v) is 5.16. The zero-order valence-electron chi connectivity index (χ0n) is 12.9. The summed E-state index contributed by atoms with van der Waals surface area (Å²) in [6, 6.07) is 2.27. The van der Waals surface area contributed by atoms with Crippen LogP contribution in [0.15, 0.2) is 12.1 Å². The number of nitro groups is 1. The molecule has 1 atom stereocenters. The lowest BCUT2D eigenvalue weighted by Crippen LogP contribution is -2.45. The fourth-order valence-corrected chi connectivity index (χ4v) is 2.78. The minimum atomic E-state index is -0.515. The van der Waals surface area contributed by atoms with Gasteiger partial charge >= 0.3 is 0 Å². The van der Waals surface area contributed by atoms with Gasteiger partial charge < -0.3 is 20.3 Å². The van der Waals surface area contributed by atoms with Crippen molar-refractivity contribution in [3.8, 4) is 11.5 Å². The fraction of sp³-hybridized carbons (Fsp3) is 0.571. The number of nitrogens with one attached hydrogen (secondary N) is 1. The maximum atomic E-state index is 11.1. The molecule has 23 heavy (non-hydrogen) atoms. The summed E-state index contributed by atoms with van der Waals surface area (Å²) < 4.78 is 5.04. The summed E-state index contributed by atoms with van der Waals surface area (Å²) in [6.45, 7) is 3.02. The van der Waals surface area contributed by atoms with Crippen LogP contribution in [0.4, 0.5) is 5.69 Å². The van der Waals surface area contributed by atoms with Gasteiger partial charge in [-0.05, 0) is 6.42 Å². The van der Waals surface area contributed by atoms with Gasteiger partial charge in [-0.3, -0.25) is 15.0 Å². The minimum Gasteiger partial charge on any atom is -0.504 e. The van der Waals surface area contributed by atoms with Gasteiger partial charge in [0.25, 0.3) is 5.69 Å². The van der Waals surface area contributed by atoms with E-state index in [-0.39, 0.29) is 42.2 Å². The monoisotopic (exact) mass is 347 g/mol. The summed E-state index contributed by atoms with van der Waals surface area (Å²) in [4.78, 5) is 12.7. The van der Waals surface area contributed by atoms with Gasteiger partial charge in [-0.2, -0.15) is 0 Å². The summed E-state index contributed by atoms with van der Waals surface area (Å²) in [5.41, 5.74) is 0.282. The molecule has 0 unspecified atom stereocenters. The number of rotatable bonds is 6. The number of aliphatic hydroxyl groups is 1. The van der Waals surface area contributed by atoms with Gasteiger partial charge in [0, 0.05) is 50.5 Å². The van der Waals surface area contributed by atoms with Crippen molar-refractivity contribution in [1.82, 2.24) is 10.2 Å². The molecule has 0 radical (unpaired) electrons. The molecule has 1 aromatic carbocycles. The fourth-order valence-electron chi connectivity index (χ4n) is 2.78. The zero-order valence-corrected chi connectivity index (χ0v) is 13.7. The molecule has 1 saturated heterocycles. The lowest BCUT2D eigenvalue weighted by Gasteiger charge is -2.35. The number of benzene rings is 1. The molecule has 130 valence electrons. The van der Waals surface area contributed by atoms with E-state index >= 15 is 0 Å². The lowest BCUT2D eigenvalue weighted by molar-refractivity contribution is -0.385. The number of aromatic hydroxyl groups is 1. The highest BCUT2D eigenvalue weighted by Crippen LogP contribution is 2.40. The number of phenols is 1. The van der Waals surface area contributed by atoms with E-state index in [1.54, 1.807) is 0 Å². The standard InChI is InChI=1S/C14H21N3O5.ClH/c1-22-13-9-10(17(20)21)8-11(14(13)19)12(2-7-18)16-5-3-15-4-6-16;/h8-9,12,15,18-19H,2-7H2,1H3;1H/t12-;/m0./s1. The van der Waals surface area contributed by atoms with Crippen LogP contribution in [-0.2, 0) is 0 Å². The van der Waals surface area contributed by atoms with Crippen molar-refractivity contribution in [1.29, 1.82) is 0 Å². The van der Waals surface area contributed by atoms with Crippen LogP contribution < -0.4 is 10.1 Å². The van der Waals surface area contributed by atoms with Gasteiger partial charge in [0.15, 0.2) is 11.5 Å². The zero-order chi connectivity index (χ0) is 16.1. The Morgan fingerprint density at radius 1 is 1.43 bits per heavy atom. The van der Waals surface area contributed by atoms with E-state index in [9.17, 15) is 20.3 Å². The Balaban J connectivity index is 0.00000264. The average Bonchev–Trinajstić information content (AvgIpc) is 2.54. The Labute approximate surface area is 140 Å². The average molecular weight is 348 g/mol. The Kier molecular flexibility index (Phi) is 7.50. The molecule has 2 rings (SSSR count). The third-order valence-electron chi connectivity index (χ3n) is 3.87. The number of hydrogen-bond acceptors (Lipinski definition) is 7. The quantitative estimate of drug-likeness (QED) is 0.521. The van der Waals surface area contributed by atoms with Crippen molar-refractivity contribution in [2.75, 3.05) is 39.9 Å². The molecule has 1 fully saturated rings. The molecule has 0 aromatic heterocycles. The normalized spacial score (nSPS) is 16.4. The molecule has 3 N–H and O–H groups in total. The summed E-state index contributed by atoms with van der Waals surface area (Å²) in [5.74, 6) is -0.0349. The van der Waals surface area contributed by atoms with Gasteiger partial charge in [0.05, 0.1) is 18.1 Å². The smallest absolute Gasteiger partial charge is 0.273 e. The van der Waals surface area contributed by atoms with Crippen molar-refractivity contribution < 1.29 is 19.9 Å². The number of aliphatic hydroxyl groups excluding tert-OH is 1. The summed E-state index contributed by atoms with van der Waals surface area (Å²) >= 11 is 0. The van der Waals surface area contributed by atoms with E-state index in [1.165, 1.54) is 19.2 Å². The number of methoxy groups -OCH3 is 1. The summed E-state index contributed by atoms with van der Waals surface area (Å²) in [7, 11) is 1.36. The van der Waals surface area contributed by atoms with Crippen molar-refractivity contribution in [3.05, 3.63) is 27.8 Å². The second-order valence-electron chi connectivity index (χ2n) is 5.16. The minimum absolute atomic E-state index is 0. The van der Waals surface area contributed by atoms with E-state index < -0.39 is 4.92 Å². The van der Waals surface area contributed by atoms with Gasteiger partial charge in [-0.1, -0.05) is 0 Å². The molecular formula is C14H22ClN3O5. The molecule has 0 saturated carbocycles. The largest absolute Gasteiger partial charge is 0.504 e. The number of non-ortho nitro benzene ring substituents is 1. The van der Waals surface area contributed by atoms with Crippen LogP contribution in [0.2, 0.25) is 0 Å². The number of hydrogen-bond donors (Lipinski definition) is 3. The SMILES string of the molecule is COc1cc([N+](=O)[O-])cc([C@H](CCO)N2CCNCC2)c1O.Cl. The number of piperazine rings is 1. The van der Waals surface area contributed by atoms with Crippen molar-refractivity contribution in [2.24, 2.45) is 0 Å². The molecule has 1 aliphatic heterocycles. The highest BCUT2D eigenvalue weighted by atomic mass is 35.5. The number of halogens is 1. The van der Waals surface area contributed by atoms with E-state index in [1.807, 2.05) is 0 Å². The molecule has 1 heterocycles. The Morgan fingerprint density at radius 2 is 2.09 bits per heavy atom. The van der Waals surface area contributed by atoms with Crippen LogP contribution in [0.25, 0.3) is 0 Å². The summed E-state index contributed by atoms with van der Waals surface area (Å²) in [6.07, 6.45) is 0.387. The maximum Gasteiger partial charge on any atom is 0.273 e. The molecule has 8 nitrogen and oxygen atoms in total. The highest BCUT2D eigenvalue weighted by Gasteiger charge is 2.28. The molecular weight excluding hydrogens is 326 g/mol. The molecule has 0 bridgehead atoms. The summed E-state index contributed by atoms with van der Waals surface area (Å²) in [5, 5.41) is 34.0. The molecule has 1 aliphatic rings. The topological polar surface area (TPSA) is 108 Å². The molecule has 9 heteroatoms. The van der Waals surface area contributed by atoms with Crippen LogP contribution in [0.5, 0.6) is 11.5 Å². The number of ether oxygens (including phenoxy) is 1. The first-order valence-electron chi connectivity index (χ1n) is 7.19. The van der Waals surface area contributed by atoms with Crippen LogP contribution in [0.1, 0.15) is 18.0 Å². The van der Waals surface area contributed by atoms with Gasteiger partial charge in [-0.15, -0.1) is 12.4 Å². The van der Waals surface area contributed by atoms with Crippen molar-refractivity contribution >= 4 is 18.1 Å². The first-order valence-corrected chi connectivity index (χ1v) is 7.19. The molecule has 0 amide bonds. The van der Waals surface area contributed by atoms with Crippen LogP contribution in [-0.4, -0.2) is 59.9 Å². The lowest BCUT2D eigenvalue weighted by atomic mass is 9.99. The Bertz CT molecular complexity index is 537. The third-order valence-corrected chi connectivity index (χ3v) is 3.87. The molecule has 0 spiro atoms. The van der Waals surface area contributed by atoms with E-state index in [0.717, 1.165) is 26.2 Å². The molecule has 0 aliphatic carbocycles. The predicted molar refractivity (Wildman–Crippen MR) is 87.4 cm³/mol. The first kappa shape index (κ1) is 19.4. The van der Waals surface area contributed by atoms with Crippen LogP contribution in [0.3, 0.4) is 0 Å². The van der Waals surface area contributed by atoms with Gasteiger partial charge in [0.1, 0.15) is 0 Å². The van der Waals surface area contributed by atoms with Crippen LogP contribution in [0, 0.1) is 10.1 Å². The Hall–Kier alpha value is -1.61. The van der Waals surface area contributed by atoms with E-state index in [0.29, 0.717) is 12.0 Å². The number of nitrogens with zero attached hydrogens (tertiary/aromatic N) is 2. The van der Waals surface area contributed by atoms with Crippen molar-refractivity contribution in [3.63, 3.8) is 0 Å². The third kappa shape index (κ3) is 4.44. The van der Waals surface area contributed by atoms with Gasteiger partial charge in [0.2, 0.25) is 0 Å². The van der Waals surface area contributed by atoms with E-state index in [4.69, 9.17) is 4.74 Å². The van der Waals surface area contributed by atoms with E-state index in [2.05, 4.69) is 10.2 Å². The highest BCUT2D eigenvalue weighted by molar-refractivity contribution is 5.85. The van der Waals surface area contributed by atoms with Gasteiger partial charge in [-0.25, -0.2) is 0 Å². The molecule has 1 aromatic rings. The number of nitro benzene ring substituents is 1. The Morgan fingerprint density at radius 3 is 2.61 bits per heavy atom. The predicted octanol–water partition coefficient (Wildman–Crippen LogP) is 1.06. The second kappa shape index (κ2) is 8.88.